The first-order chi connectivity index (χ1) is 9.80. The van der Waals surface area contributed by atoms with Gasteiger partial charge >= 0.3 is 12.1 Å². The highest BCUT2D eigenvalue weighted by Gasteiger charge is 2.33. The van der Waals surface area contributed by atoms with Crippen LogP contribution in [0.15, 0.2) is 48.5 Å². The minimum absolute atomic E-state index is 0.0398. The zero-order valence-electron chi connectivity index (χ0n) is 10.6. The summed E-state index contributed by atoms with van der Waals surface area (Å²) in [6, 6.07) is 10.9. The number of carboxylic acids is 1. The van der Waals surface area contributed by atoms with E-state index < -0.39 is 23.1 Å². The molecule has 0 radical (unpaired) electrons. The minimum Gasteiger partial charge on any atom is -0.480 e. The number of benzene rings is 2. The van der Waals surface area contributed by atoms with Crippen molar-refractivity contribution < 1.29 is 23.1 Å². The van der Waals surface area contributed by atoms with Crippen molar-refractivity contribution in [1.82, 2.24) is 0 Å². The Kier molecular flexibility index (Phi) is 4.23. The predicted octanol–water partition coefficient (Wildman–Crippen LogP) is 4.74. The molecule has 0 aliphatic heterocycles. The first-order valence-electron chi connectivity index (χ1n) is 5.94. The molecule has 1 unspecified atom stereocenters. The van der Waals surface area contributed by atoms with Gasteiger partial charge in [0.25, 0.3) is 0 Å². The zero-order chi connectivity index (χ0) is 15.6. The number of carbonyl (C=O) groups is 1. The number of aliphatic carboxylic acids is 1. The molecule has 2 aromatic rings. The van der Waals surface area contributed by atoms with Gasteiger partial charge in [-0.15, -0.1) is 11.6 Å². The van der Waals surface area contributed by atoms with E-state index in [1.807, 2.05) is 0 Å². The molecular weight excluding hydrogens is 305 g/mol. The lowest BCUT2D eigenvalue weighted by Crippen LogP contribution is -2.07. The Balaban J connectivity index is 2.43. The highest BCUT2D eigenvalue weighted by Crippen LogP contribution is 2.37. The highest BCUT2D eigenvalue weighted by molar-refractivity contribution is 6.29. The predicted molar refractivity (Wildman–Crippen MR) is 73.1 cm³/mol. The van der Waals surface area contributed by atoms with E-state index in [0.29, 0.717) is 11.1 Å². The Morgan fingerprint density at radius 3 is 2.14 bits per heavy atom. The van der Waals surface area contributed by atoms with Gasteiger partial charge in [-0.3, -0.25) is 4.79 Å². The first kappa shape index (κ1) is 15.4. The summed E-state index contributed by atoms with van der Waals surface area (Å²) in [5, 5.41) is 7.57. The van der Waals surface area contributed by atoms with Crippen LogP contribution in [0.5, 0.6) is 0 Å². The summed E-state index contributed by atoms with van der Waals surface area (Å²) in [4.78, 5) is 10.8. The molecule has 0 aliphatic rings. The van der Waals surface area contributed by atoms with E-state index in [0.717, 1.165) is 6.07 Å². The molecule has 0 heterocycles. The van der Waals surface area contributed by atoms with Crippen LogP contribution in [0, 0.1) is 0 Å². The number of hydrogen-bond donors (Lipinski definition) is 1. The fourth-order valence-electron chi connectivity index (χ4n) is 1.96. The lowest BCUT2D eigenvalue weighted by molar-refractivity contribution is -0.137. The largest absolute Gasteiger partial charge is 0.480 e. The number of hydrogen-bond acceptors (Lipinski definition) is 1. The van der Waals surface area contributed by atoms with Crippen LogP contribution in [0.25, 0.3) is 11.1 Å². The molecule has 0 fully saturated rings. The van der Waals surface area contributed by atoms with Crippen molar-refractivity contribution in [1.29, 1.82) is 0 Å². The zero-order valence-corrected chi connectivity index (χ0v) is 11.3. The molecule has 2 aromatic carbocycles. The second kappa shape index (κ2) is 5.77. The molecule has 0 aliphatic carbocycles. The minimum atomic E-state index is -4.45. The van der Waals surface area contributed by atoms with Crippen molar-refractivity contribution in [3.8, 4) is 11.1 Å². The molecular formula is C15H10ClF3O2. The molecule has 0 spiro atoms. The molecule has 2 rings (SSSR count). The third kappa shape index (κ3) is 3.36. The van der Waals surface area contributed by atoms with E-state index >= 15 is 0 Å². The summed E-state index contributed by atoms with van der Waals surface area (Å²) >= 11 is 5.66. The van der Waals surface area contributed by atoms with Crippen molar-refractivity contribution in [2.75, 3.05) is 0 Å². The van der Waals surface area contributed by atoms with Crippen LogP contribution in [-0.2, 0) is 11.0 Å². The second-order valence-corrected chi connectivity index (χ2v) is 4.80. The van der Waals surface area contributed by atoms with Gasteiger partial charge in [-0.05, 0) is 22.8 Å². The summed E-state index contributed by atoms with van der Waals surface area (Å²) in [7, 11) is 0. The van der Waals surface area contributed by atoms with Gasteiger partial charge in [-0.2, -0.15) is 13.2 Å². The molecule has 0 aromatic heterocycles. The van der Waals surface area contributed by atoms with Crippen LogP contribution in [0.1, 0.15) is 16.5 Å². The maximum absolute atomic E-state index is 12.9. The number of carboxylic acid groups (broad SMARTS) is 1. The first-order valence-corrected chi connectivity index (χ1v) is 6.38. The van der Waals surface area contributed by atoms with Gasteiger partial charge in [0, 0.05) is 0 Å². The number of halogens is 4. The smallest absolute Gasteiger partial charge is 0.417 e. The molecule has 0 bridgehead atoms. The average molecular weight is 315 g/mol. The second-order valence-electron chi connectivity index (χ2n) is 4.37. The lowest BCUT2D eigenvalue weighted by Gasteiger charge is -2.13. The maximum atomic E-state index is 12.9. The van der Waals surface area contributed by atoms with Crippen molar-refractivity contribution in [3.05, 3.63) is 59.7 Å². The molecule has 21 heavy (non-hydrogen) atoms. The van der Waals surface area contributed by atoms with Gasteiger partial charge in [0.05, 0.1) is 5.56 Å². The van der Waals surface area contributed by atoms with E-state index in [9.17, 15) is 18.0 Å². The van der Waals surface area contributed by atoms with Crippen LogP contribution < -0.4 is 0 Å². The Labute approximate surface area is 123 Å². The van der Waals surface area contributed by atoms with Gasteiger partial charge in [0.2, 0.25) is 0 Å². The van der Waals surface area contributed by atoms with E-state index in [1.165, 1.54) is 42.5 Å². The van der Waals surface area contributed by atoms with Crippen molar-refractivity contribution in [2.45, 2.75) is 11.6 Å². The van der Waals surface area contributed by atoms with Crippen molar-refractivity contribution in [3.63, 3.8) is 0 Å². The van der Waals surface area contributed by atoms with Gasteiger partial charge in [-0.25, -0.2) is 0 Å². The Morgan fingerprint density at radius 1 is 1.05 bits per heavy atom. The number of rotatable bonds is 3. The lowest BCUT2D eigenvalue weighted by atomic mass is 9.98. The summed E-state index contributed by atoms with van der Waals surface area (Å²) in [6.45, 7) is 0. The third-order valence-electron chi connectivity index (χ3n) is 2.96. The van der Waals surface area contributed by atoms with Gasteiger partial charge < -0.3 is 5.11 Å². The van der Waals surface area contributed by atoms with Crippen LogP contribution in [0.3, 0.4) is 0 Å². The molecule has 110 valence electrons. The molecule has 6 heteroatoms. The Bertz CT molecular complexity index is 651. The number of alkyl halides is 4. The van der Waals surface area contributed by atoms with Crippen molar-refractivity contribution in [2.24, 2.45) is 0 Å². The molecule has 2 nitrogen and oxygen atoms in total. The summed E-state index contributed by atoms with van der Waals surface area (Å²) in [5.41, 5.74) is -0.0326. The molecule has 1 N–H and O–H groups in total. The Morgan fingerprint density at radius 2 is 1.62 bits per heavy atom. The highest BCUT2D eigenvalue weighted by atomic mass is 35.5. The van der Waals surface area contributed by atoms with Crippen molar-refractivity contribution >= 4 is 17.6 Å². The van der Waals surface area contributed by atoms with Gasteiger partial charge in [0.1, 0.15) is 0 Å². The quantitative estimate of drug-likeness (QED) is 0.831. The average Bonchev–Trinajstić information content (AvgIpc) is 2.45. The van der Waals surface area contributed by atoms with Crippen LogP contribution in [0.4, 0.5) is 13.2 Å². The molecule has 0 amide bonds. The van der Waals surface area contributed by atoms with E-state index in [4.69, 9.17) is 16.7 Å². The SMILES string of the molecule is O=C(O)C(Cl)c1ccc(-c2ccccc2C(F)(F)F)cc1. The summed E-state index contributed by atoms with van der Waals surface area (Å²) in [6.07, 6.45) is -4.45. The van der Waals surface area contributed by atoms with Crippen LogP contribution >= 0.6 is 11.6 Å². The van der Waals surface area contributed by atoms with E-state index in [2.05, 4.69) is 0 Å². The topological polar surface area (TPSA) is 37.3 Å². The third-order valence-corrected chi connectivity index (χ3v) is 3.40. The van der Waals surface area contributed by atoms with Crippen LogP contribution in [0.2, 0.25) is 0 Å². The van der Waals surface area contributed by atoms with Gasteiger partial charge in [0.15, 0.2) is 5.38 Å². The molecule has 0 saturated carbocycles. The fourth-order valence-corrected chi connectivity index (χ4v) is 2.10. The monoisotopic (exact) mass is 314 g/mol. The molecule has 1 atom stereocenters. The summed E-state index contributed by atoms with van der Waals surface area (Å²) < 4.78 is 38.8. The van der Waals surface area contributed by atoms with E-state index in [1.54, 1.807) is 0 Å². The summed E-state index contributed by atoms with van der Waals surface area (Å²) in [5.74, 6) is -1.21. The standard InChI is InChI=1S/C15H10ClF3O2/c16-13(14(20)21)10-7-5-9(6-8-10)11-3-1-2-4-12(11)15(17,18)19/h1-8,13H,(H,20,21). The normalized spacial score (nSPS) is 13.0. The Hall–Kier alpha value is -2.01. The molecule has 0 saturated heterocycles. The van der Waals surface area contributed by atoms with Crippen LogP contribution in [-0.4, -0.2) is 11.1 Å². The maximum Gasteiger partial charge on any atom is 0.417 e. The fraction of sp³-hybridized carbons (Fsp3) is 0.133. The van der Waals surface area contributed by atoms with Gasteiger partial charge in [-0.1, -0.05) is 42.5 Å². The van der Waals surface area contributed by atoms with E-state index in [-0.39, 0.29) is 5.56 Å².